The van der Waals surface area contributed by atoms with Crippen molar-refractivity contribution in [1.82, 2.24) is 15.1 Å². The summed E-state index contributed by atoms with van der Waals surface area (Å²) in [7, 11) is 2.20. The fourth-order valence-corrected chi connectivity index (χ4v) is 2.53. The van der Waals surface area contributed by atoms with E-state index in [9.17, 15) is 0 Å². The Labute approximate surface area is 109 Å². The lowest BCUT2D eigenvalue weighted by Crippen LogP contribution is -2.32. The van der Waals surface area contributed by atoms with E-state index in [1.165, 1.54) is 32.4 Å². The fourth-order valence-electron chi connectivity index (χ4n) is 2.53. The van der Waals surface area contributed by atoms with Gasteiger partial charge in [-0.3, -0.25) is 0 Å². The van der Waals surface area contributed by atoms with Crippen molar-refractivity contribution in [2.24, 2.45) is 5.92 Å². The van der Waals surface area contributed by atoms with E-state index in [4.69, 9.17) is 4.42 Å². The van der Waals surface area contributed by atoms with Crippen molar-refractivity contribution < 1.29 is 4.42 Å². The number of rotatable bonds is 6. The van der Waals surface area contributed by atoms with E-state index in [1.807, 2.05) is 0 Å². The number of aromatic nitrogens is 2. The van der Waals surface area contributed by atoms with Gasteiger partial charge in [-0.05, 0) is 45.2 Å². The van der Waals surface area contributed by atoms with Crippen molar-refractivity contribution >= 4 is 6.01 Å². The molecule has 0 aromatic carbocycles. The largest absolute Gasteiger partial charge is 0.408 e. The molecule has 1 aliphatic rings. The Morgan fingerprint density at radius 3 is 3.11 bits per heavy atom. The van der Waals surface area contributed by atoms with Crippen LogP contribution in [0.3, 0.4) is 0 Å². The fraction of sp³-hybridized carbons (Fsp3) is 0.846. The molecule has 1 aliphatic heterocycles. The third kappa shape index (κ3) is 3.98. The van der Waals surface area contributed by atoms with Gasteiger partial charge in [0.2, 0.25) is 5.89 Å². The van der Waals surface area contributed by atoms with Gasteiger partial charge in [0.05, 0.1) is 0 Å². The van der Waals surface area contributed by atoms with Crippen molar-refractivity contribution in [1.29, 1.82) is 0 Å². The molecule has 18 heavy (non-hydrogen) atoms. The number of anilines is 1. The lowest BCUT2D eigenvalue weighted by Gasteiger charge is -2.29. The summed E-state index contributed by atoms with van der Waals surface area (Å²) < 4.78 is 5.49. The molecule has 0 unspecified atom stereocenters. The van der Waals surface area contributed by atoms with Gasteiger partial charge in [0, 0.05) is 19.5 Å². The van der Waals surface area contributed by atoms with Crippen LogP contribution in [0, 0.1) is 5.92 Å². The molecular weight excluding hydrogens is 228 g/mol. The van der Waals surface area contributed by atoms with Gasteiger partial charge in [0.25, 0.3) is 0 Å². The average molecular weight is 252 g/mol. The molecule has 0 spiro atoms. The summed E-state index contributed by atoms with van der Waals surface area (Å²) in [5.74, 6) is 1.53. The number of piperidine rings is 1. The summed E-state index contributed by atoms with van der Waals surface area (Å²) >= 11 is 0. The molecule has 2 heterocycles. The molecule has 5 nitrogen and oxygen atoms in total. The minimum Gasteiger partial charge on any atom is -0.408 e. The second-order valence-electron chi connectivity index (χ2n) is 5.24. The Bertz CT molecular complexity index is 353. The maximum Gasteiger partial charge on any atom is 0.315 e. The Hall–Kier alpha value is -1.10. The van der Waals surface area contributed by atoms with Crippen molar-refractivity contribution in [3.05, 3.63) is 5.89 Å². The highest BCUT2D eigenvalue weighted by molar-refractivity contribution is 5.16. The number of hydrogen-bond donors (Lipinski definition) is 1. The van der Waals surface area contributed by atoms with Crippen LogP contribution in [0.2, 0.25) is 0 Å². The average Bonchev–Trinajstić information content (AvgIpc) is 2.78. The highest BCUT2D eigenvalue weighted by Crippen LogP contribution is 2.18. The van der Waals surface area contributed by atoms with E-state index in [1.54, 1.807) is 0 Å². The third-order valence-electron chi connectivity index (χ3n) is 3.48. The molecule has 1 fully saturated rings. The Kier molecular flexibility index (Phi) is 4.99. The normalized spacial score (nSPS) is 21.1. The first kappa shape index (κ1) is 13.3. The zero-order chi connectivity index (χ0) is 12.8. The summed E-state index contributed by atoms with van der Waals surface area (Å²) in [5, 5.41) is 11.2. The van der Waals surface area contributed by atoms with E-state index in [0.29, 0.717) is 6.01 Å². The maximum absolute atomic E-state index is 5.49. The van der Waals surface area contributed by atoms with Crippen LogP contribution in [0.5, 0.6) is 0 Å². The zero-order valence-electron chi connectivity index (χ0n) is 11.5. The lowest BCUT2D eigenvalue weighted by molar-refractivity contribution is 0.205. The van der Waals surface area contributed by atoms with Crippen LogP contribution < -0.4 is 5.32 Å². The number of nitrogens with one attached hydrogen (secondary N) is 1. The quantitative estimate of drug-likeness (QED) is 0.841. The minimum atomic E-state index is 0.572. The first-order valence-corrected chi connectivity index (χ1v) is 7.02. The smallest absolute Gasteiger partial charge is 0.315 e. The SMILES string of the molecule is CCCc1nnc(NCC[C@@H]2CCCN(C)C2)o1. The number of likely N-dealkylation sites (tertiary alicyclic amines) is 1. The molecule has 0 amide bonds. The van der Waals surface area contributed by atoms with Gasteiger partial charge in [-0.25, -0.2) is 0 Å². The Morgan fingerprint density at radius 2 is 2.33 bits per heavy atom. The maximum atomic E-state index is 5.49. The van der Waals surface area contributed by atoms with Crippen LogP contribution in [0.15, 0.2) is 4.42 Å². The predicted octanol–water partition coefficient (Wildman–Crippen LogP) is 2.17. The van der Waals surface area contributed by atoms with Crippen molar-refractivity contribution in [3.63, 3.8) is 0 Å². The number of aryl methyl sites for hydroxylation is 1. The molecule has 1 aromatic rings. The lowest BCUT2D eigenvalue weighted by atomic mass is 9.95. The van der Waals surface area contributed by atoms with Crippen LogP contribution in [0.4, 0.5) is 6.01 Å². The number of nitrogens with zero attached hydrogens (tertiary/aromatic N) is 3. The molecule has 0 aliphatic carbocycles. The summed E-state index contributed by atoms with van der Waals surface area (Å²) in [6.07, 6.45) is 5.74. The molecule has 0 radical (unpaired) electrons. The van der Waals surface area contributed by atoms with Crippen molar-refractivity contribution in [3.8, 4) is 0 Å². The Balaban J connectivity index is 1.67. The van der Waals surface area contributed by atoms with E-state index in [0.717, 1.165) is 31.2 Å². The summed E-state index contributed by atoms with van der Waals surface area (Å²) in [5.41, 5.74) is 0. The van der Waals surface area contributed by atoms with Crippen LogP contribution in [-0.4, -0.2) is 41.8 Å². The van der Waals surface area contributed by atoms with Crippen LogP contribution in [-0.2, 0) is 6.42 Å². The van der Waals surface area contributed by atoms with E-state index >= 15 is 0 Å². The molecule has 1 saturated heterocycles. The molecular formula is C13H24N4O. The van der Waals surface area contributed by atoms with Gasteiger partial charge in [-0.1, -0.05) is 12.0 Å². The highest BCUT2D eigenvalue weighted by Gasteiger charge is 2.16. The molecule has 5 heteroatoms. The molecule has 1 aromatic heterocycles. The van der Waals surface area contributed by atoms with E-state index < -0.39 is 0 Å². The molecule has 0 bridgehead atoms. The topological polar surface area (TPSA) is 54.2 Å². The van der Waals surface area contributed by atoms with Crippen LogP contribution in [0.1, 0.15) is 38.5 Å². The summed E-state index contributed by atoms with van der Waals surface area (Å²) in [4.78, 5) is 2.42. The zero-order valence-corrected chi connectivity index (χ0v) is 11.5. The van der Waals surface area contributed by atoms with Gasteiger partial charge in [-0.15, -0.1) is 5.10 Å². The van der Waals surface area contributed by atoms with Crippen LogP contribution >= 0.6 is 0 Å². The van der Waals surface area contributed by atoms with Gasteiger partial charge in [0.1, 0.15) is 0 Å². The Morgan fingerprint density at radius 1 is 1.44 bits per heavy atom. The van der Waals surface area contributed by atoms with Crippen molar-refractivity contribution in [2.75, 3.05) is 32.0 Å². The predicted molar refractivity (Wildman–Crippen MR) is 71.6 cm³/mol. The monoisotopic (exact) mass is 252 g/mol. The third-order valence-corrected chi connectivity index (χ3v) is 3.48. The second-order valence-corrected chi connectivity index (χ2v) is 5.24. The van der Waals surface area contributed by atoms with Gasteiger partial charge in [0.15, 0.2) is 0 Å². The summed E-state index contributed by atoms with van der Waals surface area (Å²) in [6, 6.07) is 0.572. The molecule has 1 N–H and O–H groups in total. The molecule has 2 rings (SSSR count). The van der Waals surface area contributed by atoms with Crippen molar-refractivity contribution in [2.45, 2.75) is 39.0 Å². The van der Waals surface area contributed by atoms with E-state index in [-0.39, 0.29) is 0 Å². The van der Waals surface area contributed by atoms with Gasteiger partial charge >= 0.3 is 6.01 Å². The minimum absolute atomic E-state index is 0.572. The second kappa shape index (κ2) is 6.73. The highest BCUT2D eigenvalue weighted by atomic mass is 16.4. The van der Waals surface area contributed by atoms with E-state index in [2.05, 4.69) is 34.4 Å². The standard InChI is InChI=1S/C13H24N4O/c1-3-5-12-15-16-13(18-12)14-8-7-11-6-4-9-17(2)10-11/h11H,3-10H2,1-2H3,(H,14,16)/t11-/m0/s1. The first-order chi connectivity index (χ1) is 8.78. The van der Waals surface area contributed by atoms with Gasteiger partial charge in [-0.2, -0.15) is 0 Å². The number of hydrogen-bond acceptors (Lipinski definition) is 5. The summed E-state index contributed by atoms with van der Waals surface area (Å²) in [6.45, 7) is 5.49. The van der Waals surface area contributed by atoms with Crippen LogP contribution in [0.25, 0.3) is 0 Å². The van der Waals surface area contributed by atoms with Gasteiger partial charge < -0.3 is 14.6 Å². The molecule has 102 valence electrons. The molecule has 1 atom stereocenters. The first-order valence-electron chi connectivity index (χ1n) is 7.02. The molecule has 0 saturated carbocycles.